The first-order valence-electron chi connectivity index (χ1n) is 10.1. The number of carbonyl (C=O) groups is 1. The molecule has 3 N–H and O–H groups in total. The van der Waals surface area contributed by atoms with Gasteiger partial charge in [0.25, 0.3) is 10.6 Å². The van der Waals surface area contributed by atoms with Gasteiger partial charge in [0.05, 0.1) is 12.3 Å². The summed E-state index contributed by atoms with van der Waals surface area (Å²) in [5, 5.41) is 12.2. The van der Waals surface area contributed by atoms with Crippen molar-refractivity contribution in [2.45, 2.75) is 25.4 Å². The lowest BCUT2D eigenvalue weighted by molar-refractivity contribution is -0.645. The van der Waals surface area contributed by atoms with Crippen LogP contribution in [0.2, 0.25) is 0 Å². The van der Waals surface area contributed by atoms with Gasteiger partial charge in [0.15, 0.2) is 11.9 Å². The quantitative estimate of drug-likeness (QED) is 0.302. The van der Waals surface area contributed by atoms with E-state index in [-0.39, 0.29) is 36.3 Å². The highest BCUT2D eigenvalue weighted by molar-refractivity contribution is 7.99. The summed E-state index contributed by atoms with van der Waals surface area (Å²) in [6, 6.07) is 14.1. The number of amides is 1. The van der Waals surface area contributed by atoms with Crippen LogP contribution in [0.15, 0.2) is 69.3 Å². The van der Waals surface area contributed by atoms with E-state index in [1.54, 1.807) is 18.2 Å². The molecule has 1 aromatic carbocycles. The zero-order chi connectivity index (χ0) is 23.3. The van der Waals surface area contributed by atoms with Gasteiger partial charge in [-0.2, -0.15) is 4.73 Å². The largest absolute Gasteiger partial charge is 0.618 e. The number of hydrogen-bond acceptors (Lipinski definition) is 6. The molecular weight excluding hydrogens is 430 g/mol. The Bertz CT molecular complexity index is 1210. The molecule has 0 aliphatic carbocycles. The maximum absolute atomic E-state index is 13.1. The number of nitrogens with two attached hydrogens (primary N) is 1. The van der Waals surface area contributed by atoms with Crippen molar-refractivity contribution in [2.75, 3.05) is 22.9 Å². The van der Waals surface area contributed by atoms with Crippen molar-refractivity contribution in [3.8, 4) is 0 Å². The van der Waals surface area contributed by atoms with Crippen LogP contribution in [0.4, 0.5) is 11.5 Å². The van der Waals surface area contributed by atoms with E-state index >= 15 is 0 Å². The van der Waals surface area contributed by atoms with Gasteiger partial charge in [-0.25, -0.2) is 4.79 Å². The third-order valence-corrected chi connectivity index (χ3v) is 5.65. The molecule has 0 unspecified atom stereocenters. The number of pyridine rings is 1. The molecule has 0 atom stereocenters. The normalized spacial score (nSPS) is 11.0. The van der Waals surface area contributed by atoms with Gasteiger partial charge < -0.3 is 15.8 Å². The second-order valence-corrected chi connectivity index (χ2v) is 8.61. The summed E-state index contributed by atoms with van der Waals surface area (Å²) in [5.74, 6) is -0.524. The van der Waals surface area contributed by atoms with Crippen LogP contribution < -0.4 is 26.6 Å². The number of aromatic nitrogens is 3. The Labute approximate surface area is 189 Å². The Kier molecular flexibility index (Phi) is 7.37. The SMILES string of the molecule is CC(C)CN(C(=O)CSc1cccc[n+]1[O-])c1c(N)n(Cc2ccccc2)c(=O)[nH]c1=O. The smallest absolute Gasteiger partial charge is 0.330 e. The molecule has 0 radical (unpaired) electrons. The molecule has 0 bridgehead atoms. The first kappa shape index (κ1) is 23.1. The minimum absolute atomic E-state index is 0.0263. The van der Waals surface area contributed by atoms with E-state index in [2.05, 4.69) is 4.98 Å². The van der Waals surface area contributed by atoms with E-state index in [9.17, 15) is 19.6 Å². The Morgan fingerprint density at radius 2 is 1.88 bits per heavy atom. The number of nitrogens with one attached hydrogen (secondary N) is 1. The molecule has 3 aromatic rings. The van der Waals surface area contributed by atoms with Gasteiger partial charge in [-0.1, -0.05) is 44.2 Å². The molecule has 2 heterocycles. The Morgan fingerprint density at radius 1 is 1.19 bits per heavy atom. The van der Waals surface area contributed by atoms with Crippen molar-refractivity contribution in [3.63, 3.8) is 0 Å². The summed E-state index contributed by atoms with van der Waals surface area (Å²) in [4.78, 5) is 41.9. The van der Waals surface area contributed by atoms with Crippen LogP contribution in [0.5, 0.6) is 0 Å². The van der Waals surface area contributed by atoms with E-state index in [4.69, 9.17) is 5.73 Å². The highest BCUT2D eigenvalue weighted by atomic mass is 32.2. The van der Waals surface area contributed by atoms with E-state index in [0.29, 0.717) is 9.76 Å². The zero-order valence-electron chi connectivity index (χ0n) is 17.9. The molecule has 1 amide bonds. The second kappa shape index (κ2) is 10.2. The Morgan fingerprint density at radius 3 is 2.53 bits per heavy atom. The van der Waals surface area contributed by atoms with Crippen molar-refractivity contribution < 1.29 is 9.52 Å². The van der Waals surface area contributed by atoms with E-state index in [0.717, 1.165) is 17.3 Å². The zero-order valence-corrected chi connectivity index (χ0v) is 18.7. The Balaban J connectivity index is 1.96. The predicted molar refractivity (Wildman–Crippen MR) is 125 cm³/mol. The van der Waals surface area contributed by atoms with Gasteiger partial charge in [-0.3, -0.25) is 19.1 Å². The number of nitrogen functional groups attached to an aromatic ring is 1. The summed E-state index contributed by atoms with van der Waals surface area (Å²) >= 11 is 1.06. The number of H-pyrrole nitrogens is 1. The fraction of sp³-hybridized carbons (Fsp3) is 0.273. The van der Waals surface area contributed by atoms with Crippen LogP contribution in [0.3, 0.4) is 0 Å². The second-order valence-electron chi connectivity index (χ2n) is 7.62. The number of nitrogens with zero attached hydrogens (tertiary/aromatic N) is 3. The van der Waals surface area contributed by atoms with Gasteiger partial charge in [0, 0.05) is 18.7 Å². The van der Waals surface area contributed by atoms with Crippen LogP contribution in [0, 0.1) is 11.1 Å². The van der Waals surface area contributed by atoms with Crippen molar-refractivity contribution in [3.05, 3.63) is 86.3 Å². The molecule has 0 aliphatic rings. The topological polar surface area (TPSA) is 128 Å². The molecule has 0 aliphatic heterocycles. The standard InChI is InChI=1S/C22H25N5O4S/c1-15(2)12-25(17(28)14-32-18-10-6-7-11-27(18)31)19-20(23)26(22(30)24-21(19)29)13-16-8-4-3-5-9-16/h3-11,15H,12-14,23H2,1-2H3,(H,24,29,30). The molecule has 168 valence electrons. The highest BCUT2D eigenvalue weighted by Gasteiger charge is 2.25. The van der Waals surface area contributed by atoms with Crippen molar-refractivity contribution >= 4 is 29.2 Å². The van der Waals surface area contributed by atoms with Gasteiger partial charge in [0.2, 0.25) is 5.91 Å². The maximum Gasteiger partial charge on any atom is 0.330 e. The van der Waals surface area contributed by atoms with Crippen LogP contribution in [-0.4, -0.2) is 27.8 Å². The summed E-state index contributed by atoms with van der Waals surface area (Å²) < 4.78 is 1.91. The Hall–Kier alpha value is -3.53. The molecule has 9 nitrogen and oxygen atoms in total. The number of aromatic amines is 1. The van der Waals surface area contributed by atoms with Gasteiger partial charge in [-0.05, 0) is 29.3 Å². The molecule has 10 heteroatoms. The van der Waals surface area contributed by atoms with Crippen LogP contribution >= 0.6 is 11.8 Å². The summed E-state index contributed by atoms with van der Waals surface area (Å²) in [5.41, 5.74) is 5.64. The van der Waals surface area contributed by atoms with Crippen molar-refractivity contribution in [1.82, 2.24) is 9.55 Å². The highest BCUT2D eigenvalue weighted by Crippen LogP contribution is 2.22. The molecule has 0 spiro atoms. The predicted octanol–water partition coefficient (Wildman–Crippen LogP) is 1.58. The fourth-order valence-electron chi connectivity index (χ4n) is 3.18. The monoisotopic (exact) mass is 455 g/mol. The summed E-state index contributed by atoms with van der Waals surface area (Å²) in [6.07, 6.45) is 1.35. The van der Waals surface area contributed by atoms with Crippen molar-refractivity contribution in [1.29, 1.82) is 0 Å². The summed E-state index contributed by atoms with van der Waals surface area (Å²) in [7, 11) is 0. The van der Waals surface area contributed by atoms with Crippen LogP contribution in [-0.2, 0) is 11.3 Å². The number of hydrogen-bond donors (Lipinski definition) is 2. The number of rotatable bonds is 8. The van der Waals surface area contributed by atoms with Gasteiger partial charge >= 0.3 is 5.69 Å². The molecular formula is C22H25N5O4S. The maximum atomic E-state index is 13.1. The molecule has 0 saturated heterocycles. The lowest BCUT2D eigenvalue weighted by Crippen LogP contribution is -2.43. The van der Waals surface area contributed by atoms with Gasteiger partial charge in [-0.15, -0.1) is 0 Å². The number of carbonyl (C=O) groups excluding carboxylic acids is 1. The minimum Gasteiger partial charge on any atom is -0.618 e. The molecule has 0 saturated carbocycles. The average Bonchev–Trinajstić information content (AvgIpc) is 2.75. The van der Waals surface area contributed by atoms with Crippen LogP contribution in [0.1, 0.15) is 19.4 Å². The number of anilines is 2. The van der Waals surface area contributed by atoms with Gasteiger partial charge in [0.1, 0.15) is 5.82 Å². The molecule has 32 heavy (non-hydrogen) atoms. The number of benzene rings is 1. The fourth-order valence-corrected chi connectivity index (χ4v) is 3.97. The minimum atomic E-state index is -0.727. The third kappa shape index (κ3) is 5.38. The lowest BCUT2D eigenvalue weighted by Gasteiger charge is -2.26. The molecule has 0 fully saturated rings. The number of thioether (sulfide) groups is 1. The lowest BCUT2D eigenvalue weighted by atomic mass is 10.2. The van der Waals surface area contributed by atoms with E-state index in [1.165, 1.54) is 15.7 Å². The first-order valence-corrected chi connectivity index (χ1v) is 11.0. The average molecular weight is 456 g/mol. The van der Waals surface area contributed by atoms with E-state index in [1.807, 2.05) is 44.2 Å². The van der Waals surface area contributed by atoms with Crippen LogP contribution in [0.25, 0.3) is 0 Å². The summed E-state index contributed by atoms with van der Waals surface area (Å²) in [6.45, 7) is 4.18. The third-order valence-electron chi connectivity index (χ3n) is 4.65. The molecule has 3 rings (SSSR count). The first-order chi connectivity index (χ1) is 15.3. The van der Waals surface area contributed by atoms with Crippen molar-refractivity contribution in [2.24, 2.45) is 5.92 Å². The van der Waals surface area contributed by atoms with E-state index < -0.39 is 17.2 Å². The molecule has 2 aromatic heterocycles.